The van der Waals surface area contributed by atoms with Crippen molar-refractivity contribution in [2.24, 2.45) is 7.05 Å². The van der Waals surface area contributed by atoms with Crippen molar-refractivity contribution in [1.29, 1.82) is 0 Å². The van der Waals surface area contributed by atoms with Gasteiger partial charge < -0.3 is 20.5 Å². The lowest BCUT2D eigenvalue weighted by molar-refractivity contribution is -0.119. The van der Waals surface area contributed by atoms with E-state index in [1.54, 1.807) is 37.9 Å². The van der Waals surface area contributed by atoms with Crippen molar-refractivity contribution >= 4 is 34.6 Å². The van der Waals surface area contributed by atoms with E-state index in [-0.39, 0.29) is 17.5 Å². The van der Waals surface area contributed by atoms with E-state index in [2.05, 4.69) is 10.6 Å². The molecule has 3 aromatic heterocycles. The van der Waals surface area contributed by atoms with Gasteiger partial charge in [-0.05, 0) is 32.5 Å². The summed E-state index contributed by atoms with van der Waals surface area (Å²) in [5.74, 6) is 1.15. The molecule has 0 bridgehead atoms. The smallest absolute Gasteiger partial charge is 0.277 e. The Bertz CT molecular complexity index is 2080. The normalized spacial score (nSPS) is 15.3. The number of aliphatic hydroxyl groups is 1. The van der Waals surface area contributed by atoms with Crippen LogP contribution in [0.4, 0.5) is 0 Å². The predicted octanol–water partition coefficient (Wildman–Crippen LogP) is 4.93. The molecule has 2 aromatic carbocycles. The molecule has 13 heteroatoms. The number of fused-ring (bicyclic) bond motifs is 1. The van der Waals surface area contributed by atoms with E-state index < -0.39 is 6.10 Å². The second-order valence-electron chi connectivity index (χ2n) is 12.5. The molecule has 1 aliphatic heterocycles. The van der Waals surface area contributed by atoms with Crippen LogP contribution in [0.15, 0.2) is 65.6 Å². The number of carbonyl (C=O) groups excluding carboxylic acids is 1. The maximum Gasteiger partial charge on any atom is 0.277 e. The highest BCUT2D eigenvalue weighted by Crippen LogP contribution is 2.42. The number of rotatable bonds is 12. The lowest BCUT2D eigenvalue weighted by Crippen LogP contribution is -2.35. The summed E-state index contributed by atoms with van der Waals surface area (Å²) in [5, 5.41) is 21.8. The molecule has 49 heavy (non-hydrogen) atoms. The van der Waals surface area contributed by atoms with Gasteiger partial charge in [0.2, 0.25) is 11.8 Å². The Morgan fingerprint density at radius 1 is 1.08 bits per heavy atom. The number of nitrogens with one attached hydrogen (secondary N) is 2. The molecule has 2 atom stereocenters. The first kappa shape index (κ1) is 34.6. The fourth-order valence-electron chi connectivity index (χ4n) is 6.26. The largest absolute Gasteiger partial charge is 0.481 e. The second kappa shape index (κ2) is 14.7. The lowest BCUT2D eigenvalue weighted by Gasteiger charge is -2.19. The molecule has 1 fully saturated rings. The van der Waals surface area contributed by atoms with Crippen molar-refractivity contribution in [3.05, 3.63) is 92.6 Å². The number of aromatic nitrogens is 4. The highest BCUT2D eigenvalue weighted by atomic mass is 35.5. The molecule has 0 saturated carbocycles. The first-order valence-corrected chi connectivity index (χ1v) is 16.9. The van der Waals surface area contributed by atoms with Gasteiger partial charge in [-0.3, -0.25) is 19.1 Å². The van der Waals surface area contributed by atoms with Crippen LogP contribution < -0.4 is 20.9 Å². The molecule has 0 radical (unpaired) electrons. The molecule has 0 spiro atoms. The minimum atomic E-state index is -0.501. The summed E-state index contributed by atoms with van der Waals surface area (Å²) < 4.78 is 8.76. The third-order valence-electron chi connectivity index (χ3n) is 8.72. The van der Waals surface area contributed by atoms with Crippen molar-refractivity contribution in [1.82, 2.24) is 34.7 Å². The van der Waals surface area contributed by atoms with E-state index in [4.69, 9.17) is 38.0 Å². The van der Waals surface area contributed by atoms with Crippen molar-refractivity contribution in [2.45, 2.75) is 45.0 Å². The fraction of sp³-hybridized carbons (Fsp3) is 0.333. The Kier molecular flexibility index (Phi) is 10.4. The first-order valence-electron chi connectivity index (χ1n) is 16.1. The van der Waals surface area contributed by atoms with E-state index in [0.29, 0.717) is 65.6 Å². The zero-order chi connectivity index (χ0) is 34.8. The van der Waals surface area contributed by atoms with Gasteiger partial charge in [0.1, 0.15) is 11.3 Å². The number of methoxy groups -OCH3 is 1. The number of carbonyl (C=O) groups is 1. The topological polar surface area (TPSA) is 126 Å². The molecule has 11 nitrogen and oxygen atoms in total. The summed E-state index contributed by atoms with van der Waals surface area (Å²) in [7, 11) is 5.16. The first-order chi connectivity index (χ1) is 23.5. The van der Waals surface area contributed by atoms with Crippen LogP contribution in [0, 0.1) is 0 Å². The molecule has 6 rings (SSSR count). The van der Waals surface area contributed by atoms with E-state index >= 15 is 0 Å². The Hall–Kier alpha value is -4.26. The van der Waals surface area contributed by atoms with Gasteiger partial charge >= 0.3 is 0 Å². The lowest BCUT2D eigenvalue weighted by atomic mass is 9.97. The highest BCUT2D eigenvalue weighted by molar-refractivity contribution is 6.39. The molecule has 1 amide bonds. The Morgan fingerprint density at radius 3 is 2.45 bits per heavy atom. The summed E-state index contributed by atoms with van der Waals surface area (Å²) in [6.45, 7) is 3.77. The average molecular weight is 705 g/mol. The van der Waals surface area contributed by atoms with Crippen molar-refractivity contribution in [3.8, 4) is 39.4 Å². The van der Waals surface area contributed by atoms with Crippen molar-refractivity contribution < 1.29 is 14.6 Å². The van der Waals surface area contributed by atoms with E-state index in [9.17, 15) is 14.7 Å². The highest BCUT2D eigenvalue weighted by Gasteiger charge is 2.21. The van der Waals surface area contributed by atoms with Crippen LogP contribution >= 0.6 is 23.2 Å². The van der Waals surface area contributed by atoms with Crippen LogP contribution in [-0.2, 0) is 24.9 Å². The zero-order valence-corrected chi connectivity index (χ0v) is 29.3. The van der Waals surface area contributed by atoms with Gasteiger partial charge in [-0.2, -0.15) is 5.10 Å². The Balaban J connectivity index is 1.28. The number of hydrogen-bond donors (Lipinski definition) is 3. The second-order valence-corrected chi connectivity index (χ2v) is 13.3. The Labute approximate surface area is 294 Å². The summed E-state index contributed by atoms with van der Waals surface area (Å²) in [6, 6.07) is 17.3. The molecule has 256 valence electrons. The standard InChI is InChI=1S/C36H39Cl2N7O4/c1-21(46)18-43(2)20-31-42-45-19-23(15-30(45)36(48)44(31)3)25-7-5-8-26(33(25)37)27-9-6-10-28(34(27)38)29-13-11-22(35(41-29)49-4)16-39-17-24-12-14-32(47)40-24/h5-11,13,15,19,21,24,39,46H,12,14,16-18,20H2,1-4H3,(H,40,47)/t21-,24+/m1/s1. The molecule has 0 aliphatic carbocycles. The molecule has 1 aliphatic rings. The predicted molar refractivity (Wildman–Crippen MR) is 192 cm³/mol. The average Bonchev–Trinajstić information content (AvgIpc) is 3.69. The van der Waals surface area contributed by atoms with Gasteiger partial charge in [0.05, 0.1) is 35.5 Å². The summed E-state index contributed by atoms with van der Waals surface area (Å²) >= 11 is 14.2. The van der Waals surface area contributed by atoms with Crippen LogP contribution in [0.2, 0.25) is 10.0 Å². The van der Waals surface area contributed by atoms with Crippen LogP contribution in [0.25, 0.3) is 39.0 Å². The van der Waals surface area contributed by atoms with Gasteiger partial charge in [-0.25, -0.2) is 9.50 Å². The van der Waals surface area contributed by atoms with Gasteiger partial charge in [-0.1, -0.05) is 65.7 Å². The molecular weight excluding hydrogens is 665 g/mol. The molecular formula is C36H39Cl2N7O4. The van der Waals surface area contributed by atoms with Gasteiger partial charge in [-0.15, -0.1) is 0 Å². The number of hydrogen-bond acceptors (Lipinski definition) is 8. The number of amides is 1. The maximum atomic E-state index is 13.3. The maximum absolute atomic E-state index is 13.3. The molecule has 4 heterocycles. The minimum Gasteiger partial charge on any atom is -0.481 e. The fourth-order valence-corrected chi connectivity index (χ4v) is 6.92. The number of benzene rings is 2. The van der Waals surface area contributed by atoms with Crippen LogP contribution in [0.1, 0.15) is 31.2 Å². The number of aliphatic hydroxyl groups excluding tert-OH is 1. The molecule has 5 aromatic rings. The summed E-state index contributed by atoms with van der Waals surface area (Å²) in [5.41, 5.74) is 5.44. The third-order valence-corrected chi connectivity index (χ3v) is 9.53. The quantitative estimate of drug-likeness (QED) is 0.167. The van der Waals surface area contributed by atoms with Gasteiger partial charge in [0.15, 0.2) is 0 Å². The number of likely N-dealkylation sites (N-methyl/N-ethyl adjacent to an activating group) is 1. The van der Waals surface area contributed by atoms with E-state index in [0.717, 1.165) is 39.8 Å². The minimum absolute atomic E-state index is 0.0914. The van der Waals surface area contributed by atoms with Gasteiger partial charge in [0, 0.05) is 78.7 Å². The summed E-state index contributed by atoms with van der Waals surface area (Å²) in [6.07, 6.45) is 2.69. The Morgan fingerprint density at radius 2 is 1.78 bits per heavy atom. The van der Waals surface area contributed by atoms with Crippen molar-refractivity contribution in [2.75, 3.05) is 27.2 Å². The molecule has 3 N–H and O–H groups in total. The number of ether oxygens (including phenoxy) is 1. The summed E-state index contributed by atoms with van der Waals surface area (Å²) in [4.78, 5) is 31.5. The van der Waals surface area contributed by atoms with Crippen molar-refractivity contribution in [3.63, 3.8) is 0 Å². The number of nitrogens with zero attached hydrogens (tertiary/aromatic N) is 5. The van der Waals surface area contributed by atoms with Crippen LogP contribution in [0.5, 0.6) is 5.88 Å². The third kappa shape index (κ3) is 7.36. The monoisotopic (exact) mass is 703 g/mol. The van der Waals surface area contributed by atoms with Crippen LogP contribution in [0.3, 0.4) is 0 Å². The number of pyridine rings is 1. The zero-order valence-electron chi connectivity index (χ0n) is 27.8. The molecule has 1 saturated heterocycles. The van der Waals surface area contributed by atoms with E-state index in [1.807, 2.05) is 60.5 Å². The number of halogens is 2. The van der Waals surface area contributed by atoms with Gasteiger partial charge in [0.25, 0.3) is 5.56 Å². The molecule has 0 unspecified atom stereocenters. The van der Waals surface area contributed by atoms with E-state index in [1.165, 1.54) is 4.57 Å². The SMILES string of the molecule is COc1nc(-c2cccc(-c3cccc(-c4cc5c(=O)n(C)c(CN(C)C[C@@H](C)O)nn5c4)c3Cl)c2Cl)ccc1CNC[C@@H]1CCC(=O)N1. The van der Waals surface area contributed by atoms with Crippen LogP contribution in [-0.4, -0.2) is 74.5 Å².